The smallest absolute Gasteiger partial charge is 0.271 e. The maximum absolute atomic E-state index is 15.3. The van der Waals surface area contributed by atoms with E-state index in [-0.39, 0.29) is 32.5 Å². The van der Waals surface area contributed by atoms with Crippen LogP contribution in [0.3, 0.4) is 0 Å². The molecule has 9 nitrogen and oxygen atoms in total. The van der Waals surface area contributed by atoms with Crippen molar-refractivity contribution in [2.45, 2.75) is 42.8 Å². The van der Waals surface area contributed by atoms with Gasteiger partial charge in [0.2, 0.25) is 0 Å². The molecule has 3 aromatic carbocycles. The molecule has 2 atom stereocenters. The van der Waals surface area contributed by atoms with Gasteiger partial charge in [-0.25, -0.2) is 25.5 Å². The number of aliphatic hydroxyl groups excluding tert-OH is 1. The number of ether oxygens (including phenoxy) is 1. The average Bonchev–Trinajstić information content (AvgIpc) is 2.88. The van der Waals surface area contributed by atoms with Gasteiger partial charge in [0.05, 0.1) is 29.0 Å². The molecule has 2 N–H and O–H groups in total. The highest BCUT2D eigenvalue weighted by molar-refractivity contribution is 7.93. The Hall–Kier alpha value is -3.48. The van der Waals surface area contributed by atoms with Gasteiger partial charge in [-0.2, -0.15) is 0 Å². The van der Waals surface area contributed by atoms with Crippen LogP contribution in [0.1, 0.15) is 41.4 Å². The minimum absolute atomic E-state index is 0.0656. The Morgan fingerprint density at radius 2 is 1.82 bits per heavy atom. The molecule has 3 aromatic rings. The number of carbonyl (C=O) groups excluding carboxylic acids is 1. The van der Waals surface area contributed by atoms with Gasteiger partial charge in [-0.1, -0.05) is 25.1 Å². The first-order valence-electron chi connectivity index (χ1n) is 11.7. The molecule has 0 aromatic heterocycles. The van der Waals surface area contributed by atoms with Crippen LogP contribution in [0, 0.1) is 12.7 Å². The molecule has 202 valence electrons. The lowest BCUT2D eigenvalue weighted by Crippen LogP contribution is -2.46. The van der Waals surface area contributed by atoms with E-state index in [0.717, 1.165) is 10.4 Å². The predicted molar refractivity (Wildman–Crippen MR) is 139 cm³/mol. The normalized spacial score (nSPS) is 17.3. The molecule has 0 bridgehead atoms. The molecule has 0 aliphatic carbocycles. The number of nitrogens with zero attached hydrogens (tertiary/aromatic N) is 1. The van der Waals surface area contributed by atoms with Gasteiger partial charge in [0.25, 0.3) is 15.9 Å². The summed E-state index contributed by atoms with van der Waals surface area (Å²) in [5, 5.41) is 12.4. The summed E-state index contributed by atoms with van der Waals surface area (Å²) < 4.78 is 72.5. The first-order valence-corrected chi connectivity index (χ1v) is 14.8. The van der Waals surface area contributed by atoms with E-state index >= 15 is 4.39 Å². The third-order valence-corrected chi connectivity index (χ3v) is 9.86. The highest BCUT2D eigenvalue weighted by atomic mass is 32.2. The SMILES string of the molecule is CCS(=O)(=O)c1ccc([C@H](CO)NC(=O)c2ccc(N3[C@H](C)Oc4ccc(C)cc4S3(=O)=O)c(F)c2)cc1. The quantitative estimate of drug-likeness (QED) is 0.452. The van der Waals surface area contributed by atoms with Crippen molar-refractivity contribution in [3.05, 3.63) is 83.2 Å². The lowest BCUT2D eigenvalue weighted by Gasteiger charge is -2.35. The van der Waals surface area contributed by atoms with Gasteiger partial charge in [-0.3, -0.25) is 4.79 Å². The van der Waals surface area contributed by atoms with Gasteiger partial charge in [-0.05, 0) is 67.4 Å². The van der Waals surface area contributed by atoms with E-state index in [0.29, 0.717) is 11.1 Å². The van der Waals surface area contributed by atoms with Gasteiger partial charge in [0.15, 0.2) is 16.1 Å². The highest BCUT2D eigenvalue weighted by Gasteiger charge is 2.39. The van der Waals surface area contributed by atoms with E-state index in [1.165, 1.54) is 56.3 Å². The third-order valence-electron chi connectivity index (χ3n) is 6.22. The lowest BCUT2D eigenvalue weighted by molar-refractivity contribution is 0.0915. The second-order valence-electron chi connectivity index (χ2n) is 8.82. The lowest BCUT2D eigenvalue weighted by atomic mass is 10.1. The Morgan fingerprint density at radius 1 is 1.13 bits per heavy atom. The van der Waals surface area contributed by atoms with Crippen molar-refractivity contribution in [2.75, 3.05) is 16.7 Å². The number of rotatable bonds is 7. The number of anilines is 1. The van der Waals surface area contributed by atoms with Crippen molar-refractivity contribution in [2.24, 2.45) is 0 Å². The number of carbonyl (C=O) groups is 1. The fourth-order valence-electron chi connectivity index (χ4n) is 4.15. The van der Waals surface area contributed by atoms with Crippen LogP contribution in [0.4, 0.5) is 10.1 Å². The second kappa shape index (κ2) is 10.4. The minimum Gasteiger partial charge on any atom is -0.468 e. The Morgan fingerprint density at radius 3 is 2.42 bits per heavy atom. The van der Waals surface area contributed by atoms with Crippen LogP contribution < -0.4 is 14.4 Å². The molecule has 0 spiro atoms. The highest BCUT2D eigenvalue weighted by Crippen LogP contribution is 2.38. The van der Waals surface area contributed by atoms with E-state index in [1.807, 2.05) is 0 Å². The van der Waals surface area contributed by atoms with Crippen molar-refractivity contribution >= 4 is 31.5 Å². The Bertz CT molecular complexity index is 1590. The Balaban J connectivity index is 1.58. The number of sulfonamides is 1. The maximum atomic E-state index is 15.3. The van der Waals surface area contributed by atoms with Crippen LogP contribution in [0.2, 0.25) is 0 Å². The number of hydrogen-bond donors (Lipinski definition) is 2. The first kappa shape index (κ1) is 27.6. The number of fused-ring (bicyclic) bond motifs is 1. The summed E-state index contributed by atoms with van der Waals surface area (Å²) in [4.78, 5) is 12.9. The van der Waals surface area contributed by atoms with Crippen LogP contribution in [0.15, 0.2) is 70.5 Å². The summed E-state index contributed by atoms with van der Waals surface area (Å²) in [6.07, 6.45) is -1.04. The van der Waals surface area contributed by atoms with Crippen molar-refractivity contribution < 1.29 is 35.9 Å². The van der Waals surface area contributed by atoms with E-state index < -0.39 is 50.5 Å². The van der Waals surface area contributed by atoms with Crippen LogP contribution >= 0.6 is 0 Å². The van der Waals surface area contributed by atoms with Crippen LogP contribution in [0.5, 0.6) is 5.75 Å². The maximum Gasteiger partial charge on any atom is 0.271 e. The van der Waals surface area contributed by atoms with E-state index in [1.54, 1.807) is 19.1 Å². The number of hydrogen-bond acceptors (Lipinski definition) is 7. The predicted octanol–water partition coefficient (Wildman–Crippen LogP) is 3.32. The summed E-state index contributed by atoms with van der Waals surface area (Å²) in [5.41, 5.74) is 0.757. The summed E-state index contributed by atoms with van der Waals surface area (Å²) in [6.45, 7) is 4.24. The molecule has 1 aliphatic rings. The van der Waals surface area contributed by atoms with Gasteiger partial charge >= 0.3 is 0 Å². The van der Waals surface area contributed by atoms with Gasteiger partial charge in [0.1, 0.15) is 16.5 Å². The number of aryl methyl sites for hydroxylation is 1. The first-order chi connectivity index (χ1) is 17.9. The molecule has 0 saturated carbocycles. The van der Waals surface area contributed by atoms with Crippen molar-refractivity contribution in [3.8, 4) is 5.75 Å². The van der Waals surface area contributed by atoms with Crippen LogP contribution in [-0.4, -0.2) is 46.4 Å². The van der Waals surface area contributed by atoms with Crippen molar-refractivity contribution in [1.82, 2.24) is 5.32 Å². The molecule has 0 saturated heterocycles. The van der Waals surface area contributed by atoms with Gasteiger partial charge < -0.3 is 15.2 Å². The number of sulfone groups is 1. The standard InChI is InChI=1S/C26H27FN2O7S2/c1-4-37(32,33)20-9-6-18(7-10-20)22(15-30)28-26(31)19-8-11-23(21(27)14-19)29-17(3)36-24-12-5-16(2)13-25(24)38(29,34)35/h5-14,17,22,30H,4,15H2,1-3H3,(H,28,31)/t17-,22-/m0/s1. The minimum atomic E-state index is -4.15. The molecule has 12 heteroatoms. The summed E-state index contributed by atoms with van der Waals surface area (Å²) >= 11 is 0. The van der Waals surface area contributed by atoms with Gasteiger partial charge in [-0.15, -0.1) is 0 Å². The number of halogens is 1. The molecule has 4 rings (SSSR count). The van der Waals surface area contributed by atoms with E-state index in [4.69, 9.17) is 4.74 Å². The summed E-state index contributed by atoms with van der Waals surface area (Å²) in [6, 6.07) is 12.9. The second-order valence-corrected chi connectivity index (χ2v) is 12.9. The van der Waals surface area contributed by atoms with Gasteiger partial charge in [0, 0.05) is 5.56 Å². The summed E-state index contributed by atoms with van der Waals surface area (Å²) in [7, 11) is -7.56. The number of aliphatic hydroxyl groups is 1. The topological polar surface area (TPSA) is 130 Å². The zero-order valence-corrected chi connectivity index (χ0v) is 22.5. The van der Waals surface area contributed by atoms with Crippen LogP contribution in [0.25, 0.3) is 0 Å². The van der Waals surface area contributed by atoms with Crippen LogP contribution in [-0.2, 0) is 19.9 Å². The molecule has 1 heterocycles. The fraction of sp³-hybridized carbons (Fsp3) is 0.269. The number of amides is 1. The Kier molecular flexibility index (Phi) is 7.51. The Labute approximate surface area is 220 Å². The molecular formula is C26H27FN2O7S2. The van der Waals surface area contributed by atoms with E-state index in [9.17, 15) is 26.7 Å². The molecule has 0 unspecified atom stereocenters. The molecule has 38 heavy (non-hydrogen) atoms. The largest absolute Gasteiger partial charge is 0.468 e. The molecule has 1 aliphatic heterocycles. The number of benzene rings is 3. The van der Waals surface area contributed by atoms with E-state index in [2.05, 4.69) is 5.32 Å². The molecule has 0 radical (unpaired) electrons. The fourth-order valence-corrected chi connectivity index (χ4v) is 6.79. The zero-order chi connectivity index (χ0) is 27.8. The molecule has 1 amide bonds. The zero-order valence-electron chi connectivity index (χ0n) is 20.9. The molecular weight excluding hydrogens is 535 g/mol. The number of nitrogens with one attached hydrogen (secondary N) is 1. The molecule has 0 fully saturated rings. The third kappa shape index (κ3) is 5.11. The monoisotopic (exact) mass is 562 g/mol. The van der Waals surface area contributed by atoms with Crippen molar-refractivity contribution in [3.63, 3.8) is 0 Å². The average molecular weight is 563 g/mol. The summed E-state index contributed by atoms with van der Waals surface area (Å²) in [5.74, 6) is -1.57. The van der Waals surface area contributed by atoms with Crippen molar-refractivity contribution in [1.29, 1.82) is 0 Å².